The van der Waals surface area contributed by atoms with Gasteiger partial charge in [0, 0.05) is 37.4 Å². The molecule has 0 bridgehead atoms. The zero-order chi connectivity index (χ0) is 26.0. The fourth-order valence-electron chi connectivity index (χ4n) is 4.78. The van der Waals surface area contributed by atoms with Crippen molar-refractivity contribution < 1.29 is 19.1 Å². The van der Waals surface area contributed by atoms with Crippen LogP contribution < -0.4 is 5.43 Å². The second kappa shape index (κ2) is 10.3. The van der Waals surface area contributed by atoms with Crippen molar-refractivity contribution in [1.29, 1.82) is 0 Å². The number of rotatable bonds is 5. The molecule has 1 fully saturated rings. The minimum Gasteiger partial charge on any atom is -0.462 e. The number of nitrogens with zero attached hydrogens (tertiary/aromatic N) is 3. The normalized spacial score (nSPS) is 14.9. The summed E-state index contributed by atoms with van der Waals surface area (Å²) >= 11 is 0. The maximum Gasteiger partial charge on any atom is 0.410 e. The monoisotopic (exact) mass is 493 g/mol. The Balaban J connectivity index is 1.61. The summed E-state index contributed by atoms with van der Waals surface area (Å²) in [6.07, 6.45) is 5.56. The Hall–Kier alpha value is -3.42. The third-order valence-electron chi connectivity index (χ3n) is 6.60. The van der Waals surface area contributed by atoms with Crippen molar-refractivity contribution in [1.82, 2.24) is 14.5 Å². The molecule has 3 heterocycles. The number of hydrogen-bond donors (Lipinski definition) is 0. The summed E-state index contributed by atoms with van der Waals surface area (Å²) in [4.78, 5) is 44.5. The topological polar surface area (TPSA) is 90.7 Å². The summed E-state index contributed by atoms with van der Waals surface area (Å²) < 4.78 is 12.7. The minimum atomic E-state index is -0.617. The van der Waals surface area contributed by atoms with Gasteiger partial charge in [-0.3, -0.25) is 9.78 Å². The molecule has 192 valence electrons. The Kier molecular flexibility index (Phi) is 7.33. The highest BCUT2D eigenvalue weighted by Crippen LogP contribution is 2.27. The lowest BCUT2D eigenvalue weighted by atomic mass is 9.93. The Morgan fingerprint density at radius 3 is 2.53 bits per heavy atom. The van der Waals surface area contributed by atoms with Crippen molar-refractivity contribution in [2.24, 2.45) is 5.92 Å². The third-order valence-corrected chi connectivity index (χ3v) is 6.60. The Bertz CT molecular complexity index is 1350. The number of fused-ring (bicyclic) bond motifs is 3. The number of carbonyl (C=O) groups is 2. The van der Waals surface area contributed by atoms with E-state index < -0.39 is 11.6 Å². The van der Waals surface area contributed by atoms with Gasteiger partial charge >= 0.3 is 12.1 Å². The first-order valence-electron chi connectivity index (χ1n) is 12.6. The van der Waals surface area contributed by atoms with Crippen LogP contribution in [0.4, 0.5) is 4.79 Å². The lowest BCUT2D eigenvalue weighted by molar-refractivity contribution is 0.0180. The number of hydrogen-bond acceptors (Lipinski definition) is 6. The maximum absolute atomic E-state index is 13.2. The number of likely N-dealkylation sites (tertiary alicyclic amines) is 1. The Morgan fingerprint density at radius 1 is 1.14 bits per heavy atom. The average Bonchev–Trinajstić information content (AvgIpc) is 2.82. The van der Waals surface area contributed by atoms with Crippen LogP contribution in [0.25, 0.3) is 21.8 Å². The standard InChI is InChI=1S/C28H35N3O5/c1-6-35-26(33)22-17-31(14-11-19-9-12-30(13-10-19)27(34)36-28(3,4)5)24-20-15-18(2)7-8-23(20)29-16-21(24)25(22)32/h7-8,15-17,19H,6,9-14H2,1-5H3. The lowest BCUT2D eigenvalue weighted by Gasteiger charge is -2.33. The van der Waals surface area contributed by atoms with E-state index in [1.807, 2.05) is 50.5 Å². The smallest absolute Gasteiger partial charge is 0.410 e. The molecule has 0 aliphatic carbocycles. The first kappa shape index (κ1) is 25.7. The van der Waals surface area contributed by atoms with Gasteiger partial charge in [-0.25, -0.2) is 9.59 Å². The number of ether oxygens (including phenoxy) is 2. The lowest BCUT2D eigenvalue weighted by Crippen LogP contribution is -2.41. The van der Waals surface area contributed by atoms with Crippen LogP contribution in [0.2, 0.25) is 0 Å². The van der Waals surface area contributed by atoms with Gasteiger partial charge in [-0.2, -0.15) is 0 Å². The van der Waals surface area contributed by atoms with Crippen LogP contribution in [-0.2, 0) is 16.0 Å². The molecule has 0 spiro atoms. The zero-order valence-corrected chi connectivity index (χ0v) is 21.8. The summed E-state index contributed by atoms with van der Waals surface area (Å²) in [5.41, 5.74) is 1.81. The van der Waals surface area contributed by atoms with E-state index in [1.165, 1.54) is 0 Å². The second-order valence-corrected chi connectivity index (χ2v) is 10.5. The number of benzene rings is 1. The Labute approximate surface area is 211 Å². The van der Waals surface area contributed by atoms with Crippen molar-refractivity contribution in [3.8, 4) is 0 Å². The van der Waals surface area contributed by atoms with Crippen molar-refractivity contribution in [2.45, 2.75) is 66.0 Å². The molecule has 8 nitrogen and oxygen atoms in total. The van der Waals surface area contributed by atoms with E-state index in [0.29, 0.717) is 30.9 Å². The van der Waals surface area contributed by atoms with Gasteiger partial charge in [-0.15, -0.1) is 0 Å². The predicted octanol–water partition coefficient (Wildman–Crippen LogP) is 5.07. The SMILES string of the molecule is CCOC(=O)c1cn(CCC2CCN(C(=O)OC(C)(C)C)CC2)c2c(cnc3ccc(C)cc32)c1=O. The molecule has 2 aromatic heterocycles. The van der Waals surface area contributed by atoms with Crippen LogP contribution in [0.1, 0.15) is 62.9 Å². The highest BCUT2D eigenvalue weighted by atomic mass is 16.6. The molecule has 0 atom stereocenters. The van der Waals surface area contributed by atoms with Gasteiger partial charge < -0.3 is 18.9 Å². The number of piperidine rings is 1. The fraction of sp³-hybridized carbons (Fsp3) is 0.500. The van der Waals surface area contributed by atoms with E-state index in [-0.39, 0.29) is 23.7 Å². The van der Waals surface area contributed by atoms with E-state index in [0.717, 1.165) is 41.2 Å². The van der Waals surface area contributed by atoms with Crippen LogP contribution in [0.3, 0.4) is 0 Å². The molecule has 36 heavy (non-hydrogen) atoms. The van der Waals surface area contributed by atoms with Crippen molar-refractivity contribution in [3.05, 3.63) is 51.9 Å². The molecule has 1 amide bonds. The van der Waals surface area contributed by atoms with E-state index >= 15 is 0 Å². The van der Waals surface area contributed by atoms with E-state index in [4.69, 9.17) is 9.47 Å². The van der Waals surface area contributed by atoms with E-state index in [9.17, 15) is 14.4 Å². The predicted molar refractivity (Wildman–Crippen MR) is 139 cm³/mol. The highest BCUT2D eigenvalue weighted by Gasteiger charge is 2.27. The highest BCUT2D eigenvalue weighted by molar-refractivity contribution is 6.05. The largest absolute Gasteiger partial charge is 0.462 e. The average molecular weight is 494 g/mol. The van der Waals surface area contributed by atoms with Crippen molar-refractivity contribution in [3.63, 3.8) is 0 Å². The van der Waals surface area contributed by atoms with Crippen LogP contribution in [-0.4, -0.2) is 51.8 Å². The zero-order valence-electron chi connectivity index (χ0n) is 21.8. The molecule has 4 rings (SSSR count). The van der Waals surface area contributed by atoms with Gasteiger partial charge in [-0.1, -0.05) is 11.6 Å². The molecule has 0 radical (unpaired) electrons. The molecule has 0 N–H and O–H groups in total. The van der Waals surface area contributed by atoms with Gasteiger partial charge in [0.1, 0.15) is 11.2 Å². The summed E-state index contributed by atoms with van der Waals surface area (Å²) in [6, 6.07) is 5.98. The van der Waals surface area contributed by atoms with Crippen LogP contribution >= 0.6 is 0 Å². The molecule has 1 aromatic carbocycles. The summed E-state index contributed by atoms with van der Waals surface area (Å²) in [6.45, 7) is 11.5. The third kappa shape index (κ3) is 5.53. The quantitative estimate of drug-likeness (QED) is 0.364. The molecule has 0 saturated carbocycles. The van der Waals surface area contributed by atoms with Gasteiger partial charge in [0.25, 0.3) is 0 Å². The van der Waals surface area contributed by atoms with E-state index in [2.05, 4.69) is 4.98 Å². The Morgan fingerprint density at radius 2 is 1.86 bits per heavy atom. The molecule has 8 heteroatoms. The van der Waals surface area contributed by atoms with Gasteiger partial charge in [0.05, 0.1) is 23.0 Å². The molecule has 1 aliphatic heterocycles. The van der Waals surface area contributed by atoms with E-state index in [1.54, 1.807) is 24.2 Å². The first-order valence-corrected chi connectivity index (χ1v) is 12.6. The van der Waals surface area contributed by atoms with Gasteiger partial charge in [0.2, 0.25) is 5.43 Å². The molecule has 1 saturated heterocycles. The number of amides is 1. The molecule has 1 aliphatic rings. The van der Waals surface area contributed by atoms with Crippen molar-refractivity contribution >= 4 is 33.9 Å². The van der Waals surface area contributed by atoms with Crippen molar-refractivity contribution in [2.75, 3.05) is 19.7 Å². The van der Waals surface area contributed by atoms with Crippen LogP contribution in [0, 0.1) is 12.8 Å². The second-order valence-electron chi connectivity index (χ2n) is 10.5. The fourth-order valence-corrected chi connectivity index (χ4v) is 4.78. The number of aromatic nitrogens is 2. The van der Waals surface area contributed by atoms with Crippen LogP contribution in [0.15, 0.2) is 35.4 Å². The number of aryl methyl sites for hydroxylation is 2. The van der Waals surface area contributed by atoms with Gasteiger partial charge in [-0.05, 0) is 71.9 Å². The number of esters is 1. The number of pyridine rings is 2. The van der Waals surface area contributed by atoms with Crippen LogP contribution in [0.5, 0.6) is 0 Å². The summed E-state index contributed by atoms with van der Waals surface area (Å²) in [5.74, 6) is -0.202. The first-order chi connectivity index (χ1) is 17.1. The summed E-state index contributed by atoms with van der Waals surface area (Å²) in [7, 11) is 0. The molecule has 3 aromatic rings. The minimum absolute atomic E-state index is 0.0258. The summed E-state index contributed by atoms with van der Waals surface area (Å²) in [5, 5.41) is 1.30. The number of carbonyl (C=O) groups excluding carboxylic acids is 2. The maximum atomic E-state index is 13.2. The van der Waals surface area contributed by atoms with Gasteiger partial charge in [0.15, 0.2) is 0 Å². The molecule has 0 unspecified atom stereocenters. The molecular weight excluding hydrogens is 458 g/mol. The molecular formula is C28H35N3O5.